The molecule has 0 spiro atoms. The zero-order valence-electron chi connectivity index (χ0n) is 34.3. The minimum Gasteiger partial charge on any atom is -0.352 e. The maximum absolute atomic E-state index is 13.2. The van der Waals surface area contributed by atoms with Crippen molar-refractivity contribution in [3.63, 3.8) is 0 Å². The average molecular weight is 848 g/mol. The largest absolute Gasteiger partial charge is 0.352 e. The third-order valence-corrected chi connectivity index (χ3v) is 14.7. The highest BCUT2D eigenvalue weighted by molar-refractivity contribution is 7.90. The van der Waals surface area contributed by atoms with Crippen molar-refractivity contribution in [3.8, 4) is 11.4 Å². The molecule has 61 heavy (non-hydrogen) atoms. The van der Waals surface area contributed by atoms with Gasteiger partial charge in [-0.3, -0.25) is 34.2 Å². The first-order chi connectivity index (χ1) is 29.5. The third-order valence-electron chi connectivity index (χ3n) is 12.7. The molecule has 2 N–H and O–H groups in total. The highest BCUT2D eigenvalue weighted by Crippen LogP contribution is 2.34. The molecule has 4 aliphatic heterocycles. The summed E-state index contributed by atoms with van der Waals surface area (Å²) in [5, 5.41) is 15.5. The molecule has 5 aliphatic rings. The number of piperazine rings is 1. The van der Waals surface area contributed by atoms with E-state index in [0.29, 0.717) is 60.4 Å². The smallest absolute Gasteiger partial charge is 0.256 e. The predicted octanol–water partition coefficient (Wildman–Crippen LogP) is 3.30. The summed E-state index contributed by atoms with van der Waals surface area (Å²) in [4.78, 5) is 60.2. The van der Waals surface area contributed by atoms with Crippen LogP contribution in [0.15, 0.2) is 55.1 Å². The monoisotopic (exact) mass is 847 g/mol. The van der Waals surface area contributed by atoms with E-state index in [1.165, 1.54) is 18.0 Å². The lowest BCUT2D eigenvalue weighted by Gasteiger charge is -2.43. The number of nitrogens with zero attached hydrogens (tertiary/aromatic N) is 11. The summed E-state index contributed by atoms with van der Waals surface area (Å²) in [7, 11) is -3.49. The standard InChI is InChI=1S/C42H49N13O5S/c1-26(2)55-35-20-37(46-36-9-12-43-39(47-36)29-21-45-54(25-29)61(59,60)31-4-5-31)44-22-33(35)40(49-55)52-17-15-51(16-18-52)30-10-13-50(14-11-30)23-27-3-6-32-28(19-27)24-53(42(32)58)34-7-8-38(56)48-41(34)57/h3,6,9,12,19-22,25-26,30-31,34H,4-5,7-8,10-11,13-18,23-24H2,1-2H3,(H,48,56,57)(H,43,44,46,47). The maximum atomic E-state index is 13.2. The number of carbonyl (C=O) groups is 3. The number of anilines is 3. The molecule has 10 rings (SSSR count). The number of pyridine rings is 1. The Hall–Kier alpha value is -5.79. The van der Waals surface area contributed by atoms with Gasteiger partial charge in [0.25, 0.3) is 15.9 Å². The van der Waals surface area contributed by atoms with Gasteiger partial charge >= 0.3 is 0 Å². The van der Waals surface area contributed by atoms with Gasteiger partial charge in [-0.15, -0.1) is 0 Å². The molecule has 5 aromatic rings. The van der Waals surface area contributed by atoms with Crippen molar-refractivity contribution in [1.82, 2.24) is 53.9 Å². The first kappa shape index (κ1) is 39.4. The lowest BCUT2D eigenvalue weighted by Crippen LogP contribution is -2.53. The molecule has 19 heteroatoms. The number of hydrogen-bond donors (Lipinski definition) is 2. The van der Waals surface area contributed by atoms with Crippen LogP contribution in [-0.4, -0.2) is 131 Å². The van der Waals surface area contributed by atoms with Crippen molar-refractivity contribution in [2.75, 3.05) is 49.5 Å². The number of nitrogens with one attached hydrogen (secondary N) is 2. The minimum absolute atomic E-state index is 0.124. The van der Waals surface area contributed by atoms with Crippen LogP contribution < -0.4 is 15.5 Å². The molecule has 4 aromatic heterocycles. The molecular weight excluding hydrogens is 799 g/mol. The molecule has 1 saturated carbocycles. The SMILES string of the molecule is CC(C)n1nc(N2CCN(C3CCN(Cc4ccc5c(c4)CN(C4CCC(=O)NC4=O)C5=O)CC3)CC2)c2cnc(Nc3ccnc(-c4cnn(S(=O)(=O)C5CC5)c4)n3)cc21. The van der Waals surface area contributed by atoms with Crippen LogP contribution in [0.5, 0.6) is 0 Å². The summed E-state index contributed by atoms with van der Waals surface area (Å²) in [6.07, 6.45) is 10.6. The first-order valence-electron chi connectivity index (χ1n) is 21.2. The Morgan fingerprint density at radius 3 is 2.46 bits per heavy atom. The van der Waals surface area contributed by atoms with E-state index >= 15 is 0 Å². The molecule has 18 nitrogen and oxygen atoms in total. The quantitative estimate of drug-likeness (QED) is 0.184. The number of aromatic nitrogens is 7. The van der Waals surface area contributed by atoms with Crippen LogP contribution in [0.1, 0.15) is 79.9 Å². The lowest BCUT2D eigenvalue weighted by molar-refractivity contribution is -0.136. The van der Waals surface area contributed by atoms with Gasteiger partial charge in [-0.2, -0.15) is 14.3 Å². The van der Waals surface area contributed by atoms with E-state index < -0.39 is 16.1 Å². The molecule has 3 amide bonds. The van der Waals surface area contributed by atoms with Gasteiger partial charge in [0.1, 0.15) is 17.7 Å². The van der Waals surface area contributed by atoms with Crippen molar-refractivity contribution in [3.05, 3.63) is 71.8 Å². The highest BCUT2D eigenvalue weighted by atomic mass is 32.2. The normalized spacial score (nSPS) is 20.8. The first-order valence-corrected chi connectivity index (χ1v) is 22.7. The molecule has 318 valence electrons. The summed E-state index contributed by atoms with van der Waals surface area (Å²) in [5.41, 5.74) is 4.25. The minimum atomic E-state index is -3.49. The molecule has 1 aliphatic carbocycles. The van der Waals surface area contributed by atoms with E-state index in [1.807, 2.05) is 29.1 Å². The Labute approximate surface area is 353 Å². The number of hydrogen-bond acceptors (Lipinski definition) is 14. The summed E-state index contributed by atoms with van der Waals surface area (Å²) in [6.45, 7) is 11.1. The van der Waals surface area contributed by atoms with Crippen molar-refractivity contribution < 1.29 is 22.8 Å². The van der Waals surface area contributed by atoms with Gasteiger partial charge in [0.15, 0.2) is 11.6 Å². The van der Waals surface area contributed by atoms with Crippen LogP contribution in [-0.2, 0) is 32.7 Å². The van der Waals surface area contributed by atoms with Crippen LogP contribution >= 0.6 is 0 Å². The Morgan fingerprint density at radius 1 is 0.902 bits per heavy atom. The van der Waals surface area contributed by atoms with Crippen molar-refractivity contribution in [2.24, 2.45) is 0 Å². The van der Waals surface area contributed by atoms with Crippen molar-refractivity contribution in [2.45, 2.75) is 88.8 Å². The second kappa shape index (κ2) is 15.6. The Balaban J connectivity index is 0.744. The maximum Gasteiger partial charge on any atom is 0.256 e. The molecule has 3 saturated heterocycles. The van der Waals surface area contributed by atoms with Crippen LogP contribution in [0.4, 0.5) is 17.5 Å². The number of likely N-dealkylation sites (tertiary alicyclic amines) is 1. The second-order valence-corrected chi connectivity index (χ2v) is 19.2. The van der Waals surface area contributed by atoms with E-state index in [2.05, 4.69) is 60.3 Å². The van der Waals surface area contributed by atoms with Crippen molar-refractivity contribution >= 4 is 56.1 Å². The fraction of sp³-hybridized carbons (Fsp3) is 0.476. The molecule has 4 fully saturated rings. The Bertz CT molecular complexity index is 2640. The van der Waals surface area contributed by atoms with Crippen LogP contribution in [0, 0.1) is 0 Å². The van der Waals surface area contributed by atoms with E-state index in [-0.39, 0.29) is 35.4 Å². The predicted molar refractivity (Wildman–Crippen MR) is 226 cm³/mol. The van der Waals surface area contributed by atoms with Gasteiger partial charge < -0.3 is 15.1 Å². The zero-order valence-corrected chi connectivity index (χ0v) is 35.1. The van der Waals surface area contributed by atoms with Gasteiger partial charge in [-0.1, -0.05) is 12.1 Å². The number of amides is 3. The Morgan fingerprint density at radius 2 is 1.70 bits per heavy atom. The van der Waals surface area contributed by atoms with Crippen LogP contribution in [0.3, 0.4) is 0 Å². The van der Waals surface area contributed by atoms with Crippen LogP contribution in [0.25, 0.3) is 22.3 Å². The number of carbonyl (C=O) groups excluding carboxylic acids is 3. The van der Waals surface area contributed by atoms with Crippen molar-refractivity contribution in [1.29, 1.82) is 0 Å². The number of rotatable bonds is 11. The second-order valence-electron chi connectivity index (χ2n) is 17.1. The van der Waals surface area contributed by atoms with Gasteiger partial charge in [0.2, 0.25) is 11.8 Å². The summed E-state index contributed by atoms with van der Waals surface area (Å²) in [6, 6.07) is 9.83. The topological polar surface area (TPSA) is 197 Å². The number of benzene rings is 1. The number of imide groups is 1. The number of fused-ring (bicyclic) bond motifs is 2. The lowest BCUT2D eigenvalue weighted by atomic mass is 10.0. The number of piperidine rings is 2. The Kier molecular flexibility index (Phi) is 10.1. The fourth-order valence-electron chi connectivity index (χ4n) is 9.21. The third kappa shape index (κ3) is 7.63. The van der Waals surface area contributed by atoms with E-state index in [0.717, 1.165) is 85.0 Å². The molecular formula is C42H49N13O5S. The zero-order chi connectivity index (χ0) is 42.0. The van der Waals surface area contributed by atoms with Gasteiger partial charge in [0, 0.05) is 81.8 Å². The van der Waals surface area contributed by atoms with Gasteiger partial charge in [-0.05, 0) is 82.3 Å². The summed E-state index contributed by atoms with van der Waals surface area (Å²) < 4.78 is 28.4. The fourth-order valence-corrected chi connectivity index (χ4v) is 10.7. The molecule has 1 unspecified atom stereocenters. The van der Waals surface area contributed by atoms with E-state index in [1.54, 1.807) is 17.2 Å². The summed E-state index contributed by atoms with van der Waals surface area (Å²) >= 11 is 0. The summed E-state index contributed by atoms with van der Waals surface area (Å²) in [5.74, 6) is 1.63. The molecule has 1 aromatic carbocycles. The van der Waals surface area contributed by atoms with E-state index in [9.17, 15) is 22.8 Å². The van der Waals surface area contributed by atoms with Gasteiger partial charge in [-0.25, -0.2) is 23.4 Å². The average Bonchev–Trinajstić information content (AvgIpc) is 3.75. The molecule has 8 heterocycles. The molecule has 0 radical (unpaired) electrons. The molecule has 1 atom stereocenters. The molecule has 0 bridgehead atoms. The van der Waals surface area contributed by atoms with Gasteiger partial charge in [0.05, 0.1) is 34.1 Å². The van der Waals surface area contributed by atoms with E-state index in [4.69, 9.17) is 10.1 Å². The highest BCUT2D eigenvalue weighted by Gasteiger charge is 2.40. The van der Waals surface area contributed by atoms with Crippen LogP contribution in [0.2, 0.25) is 0 Å².